The molecule has 0 aromatic heterocycles. The summed E-state index contributed by atoms with van der Waals surface area (Å²) >= 11 is 12.8. The molecule has 1 heterocycles. The Morgan fingerprint density at radius 1 is 1.35 bits per heavy atom. The highest BCUT2D eigenvalue weighted by atomic mass is 79.9. The van der Waals surface area contributed by atoms with Crippen LogP contribution in [0.15, 0.2) is 26.0 Å². The van der Waals surface area contributed by atoms with Gasteiger partial charge in [-0.15, -0.1) is 0 Å². The minimum Gasteiger partial charge on any atom is -0.506 e. The van der Waals surface area contributed by atoms with Crippen LogP contribution in [0.5, 0.6) is 5.75 Å². The molecule has 2 amide bonds. The van der Waals surface area contributed by atoms with Crippen LogP contribution >= 0.6 is 55.8 Å². The van der Waals surface area contributed by atoms with E-state index in [1.807, 2.05) is 0 Å². The number of thiocarbonyl (C=S) groups is 1. The summed E-state index contributed by atoms with van der Waals surface area (Å²) in [5.74, 6) is -2.01. The molecular formula is C15H12Br2N2O5S2. The van der Waals surface area contributed by atoms with Crippen molar-refractivity contribution < 1.29 is 24.6 Å². The van der Waals surface area contributed by atoms with E-state index in [2.05, 4.69) is 37.2 Å². The van der Waals surface area contributed by atoms with Crippen molar-refractivity contribution in [2.24, 2.45) is 0 Å². The van der Waals surface area contributed by atoms with Crippen LogP contribution in [0.4, 0.5) is 0 Å². The number of rotatable bonds is 6. The third-order valence-electron chi connectivity index (χ3n) is 3.22. The molecule has 2 rings (SSSR count). The van der Waals surface area contributed by atoms with Gasteiger partial charge in [0.1, 0.15) is 16.6 Å². The SMILES string of the molecule is O=C(O)CNC(=O)CCN1C(=O)/C(=C/c2cc(Br)cc(Br)c2O)SC1=S. The zero-order chi connectivity index (χ0) is 19.4. The fourth-order valence-corrected chi connectivity index (χ4v) is 4.56. The van der Waals surface area contributed by atoms with Gasteiger partial charge in [0.2, 0.25) is 5.91 Å². The van der Waals surface area contributed by atoms with E-state index in [4.69, 9.17) is 17.3 Å². The van der Waals surface area contributed by atoms with Crippen molar-refractivity contribution in [1.82, 2.24) is 10.2 Å². The first-order valence-electron chi connectivity index (χ1n) is 7.11. The van der Waals surface area contributed by atoms with Crippen molar-refractivity contribution in [2.75, 3.05) is 13.1 Å². The van der Waals surface area contributed by atoms with E-state index in [0.29, 0.717) is 19.3 Å². The molecule has 26 heavy (non-hydrogen) atoms. The molecule has 1 aliphatic heterocycles. The summed E-state index contributed by atoms with van der Waals surface area (Å²) in [5.41, 5.74) is 0.436. The molecule has 138 valence electrons. The molecule has 1 saturated heterocycles. The third-order valence-corrected chi connectivity index (χ3v) is 5.66. The number of halogens is 2. The highest BCUT2D eigenvalue weighted by Crippen LogP contribution is 2.37. The summed E-state index contributed by atoms with van der Waals surface area (Å²) in [6, 6.07) is 3.33. The van der Waals surface area contributed by atoms with Crippen LogP contribution in [0.25, 0.3) is 6.08 Å². The molecule has 0 saturated carbocycles. The van der Waals surface area contributed by atoms with Gasteiger partial charge >= 0.3 is 5.97 Å². The van der Waals surface area contributed by atoms with Gasteiger partial charge in [-0.1, -0.05) is 39.9 Å². The Balaban J connectivity index is 2.09. The van der Waals surface area contributed by atoms with Gasteiger partial charge in [0.25, 0.3) is 5.91 Å². The average Bonchev–Trinajstić information content (AvgIpc) is 2.82. The fraction of sp³-hybridized carbons (Fsp3) is 0.200. The molecule has 3 N–H and O–H groups in total. The maximum Gasteiger partial charge on any atom is 0.322 e. The molecular weight excluding hydrogens is 512 g/mol. The first-order valence-corrected chi connectivity index (χ1v) is 9.92. The second-order valence-corrected chi connectivity index (χ2v) is 8.53. The van der Waals surface area contributed by atoms with E-state index in [9.17, 15) is 19.5 Å². The number of thioether (sulfide) groups is 1. The first kappa shape index (κ1) is 20.9. The van der Waals surface area contributed by atoms with Gasteiger partial charge in [-0.3, -0.25) is 19.3 Å². The predicted molar refractivity (Wildman–Crippen MR) is 109 cm³/mol. The standard InChI is InChI=1S/C15H12Br2N2O5S2/c16-8-3-7(13(23)9(17)5-8)4-10-14(24)19(15(25)26-10)2-1-11(20)18-6-12(21)22/h3-5,23H,1-2,6H2,(H,18,20)(H,21,22)/b10-4-. The second-order valence-electron chi connectivity index (χ2n) is 5.08. The number of aliphatic carboxylic acids is 1. The van der Waals surface area contributed by atoms with Crippen LogP contribution in [0, 0.1) is 0 Å². The van der Waals surface area contributed by atoms with Crippen LogP contribution in [-0.2, 0) is 14.4 Å². The number of amides is 2. The topological polar surface area (TPSA) is 107 Å². The zero-order valence-corrected chi connectivity index (χ0v) is 17.8. The van der Waals surface area contributed by atoms with Crippen LogP contribution in [0.1, 0.15) is 12.0 Å². The number of carboxylic acids is 1. The molecule has 0 spiro atoms. The number of hydrogen-bond donors (Lipinski definition) is 3. The summed E-state index contributed by atoms with van der Waals surface area (Å²) in [7, 11) is 0. The molecule has 0 radical (unpaired) electrons. The van der Waals surface area contributed by atoms with Crippen molar-refractivity contribution in [3.8, 4) is 5.75 Å². The van der Waals surface area contributed by atoms with Crippen molar-refractivity contribution >= 4 is 84.0 Å². The van der Waals surface area contributed by atoms with Crippen LogP contribution in [0.2, 0.25) is 0 Å². The highest BCUT2D eigenvalue weighted by molar-refractivity contribution is 9.11. The number of nitrogens with zero attached hydrogens (tertiary/aromatic N) is 1. The first-order chi connectivity index (χ1) is 12.2. The number of nitrogens with one attached hydrogen (secondary N) is 1. The molecule has 0 aliphatic carbocycles. The number of hydrogen-bond acceptors (Lipinski definition) is 6. The summed E-state index contributed by atoms with van der Waals surface area (Å²) in [6.45, 7) is -0.435. The quantitative estimate of drug-likeness (QED) is 0.388. The number of phenols is 1. The maximum absolute atomic E-state index is 12.5. The smallest absolute Gasteiger partial charge is 0.322 e. The molecule has 1 aromatic rings. The van der Waals surface area contributed by atoms with Crippen molar-refractivity contribution in [3.05, 3.63) is 31.5 Å². The highest BCUT2D eigenvalue weighted by Gasteiger charge is 2.32. The van der Waals surface area contributed by atoms with Crippen LogP contribution < -0.4 is 5.32 Å². The monoisotopic (exact) mass is 522 g/mol. The van der Waals surface area contributed by atoms with Gasteiger partial charge in [0.05, 0.1) is 9.38 Å². The molecule has 1 fully saturated rings. The predicted octanol–water partition coefficient (Wildman–Crippen LogP) is 2.71. The Morgan fingerprint density at radius 3 is 2.69 bits per heavy atom. The van der Waals surface area contributed by atoms with Gasteiger partial charge in [-0.2, -0.15) is 0 Å². The molecule has 0 atom stereocenters. The molecule has 1 aromatic carbocycles. The number of phenolic OH excluding ortho intramolecular Hbond substituents is 1. The number of aromatic hydroxyl groups is 1. The van der Waals surface area contributed by atoms with Gasteiger partial charge in [-0.25, -0.2) is 0 Å². The number of carbonyl (C=O) groups is 3. The largest absolute Gasteiger partial charge is 0.506 e. The Bertz CT molecular complexity index is 828. The van der Waals surface area contributed by atoms with Crippen LogP contribution in [-0.4, -0.2) is 50.3 Å². The Hall–Kier alpha value is -1.43. The maximum atomic E-state index is 12.5. The molecule has 0 bridgehead atoms. The van der Waals surface area contributed by atoms with E-state index in [0.717, 1.165) is 16.2 Å². The molecule has 11 heteroatoms. The van der Waals surface area contributed by atoms with Gasteiger partial charge in [0, 0.05) is 23.0 Å². The van der Waals surface area contributed by atoms with E-state index in [1.165, 1.54) is 11.0 Å². The van der Waals surface area contributed by atoms with Gasteiger partial charge in [-0.05, 0) is 34.1 Å². The van der Waals surface area contributed by atoms with E-state index < -0.39 is 18.4 Å². The Kier molecular flexibility index (Phi) is 7.21. The Morgan fingerprint density at radius 2 is 2.04 bits per heavy atom. The van der Waals surface area contributed by atoms with Gasteiger partial charge < -0.3 is 15.5 Å². The average molecular weight is 524 g/mol. The van der Waals surface area contributed by atoms with E-state index in [-0.39, 0.29) is 24.6 Å². The molecule has 0 unspecified atom stereocenters. The summed E-state index contributed by atoms with van der Waals surface area (Å²) < 4.78 is 1.49. The fourth-order valence-electron chi connectivity index (χ4n) is 2.01. The Labute approximate surface area is 175 Å². The summed E-state index contributed by atoms with van der Waals surface area (Å²) in [6.07, 6.45) is 1.45. The minimum atomic E-state index is -1.15. The van der Waals surface area contributed by atoms with Crippen molar-refractivity contribution in [3.63, 3.8) is 0 Å². The lowest BCUT2D eigenvalue weighted by atomic mass is 10.2. The van der Waals surface area contributed by atoms with Gasteiger partial charge in [0.15, 0.2) is 0 Å². The third kappa shape index (κ3) is 5.29. The number of carboxylic acid groups (broad SMARTS) is 1. The molecule has 1 aliphatic rings. The number of carbonyl (C=O) groups excluding carboxylic acids is 2. The molecule has 7 nitrogen and oxygen atoms in total. The van der Waals surface area contributed by atoms with Crippen LogP contribution in [0.3, 0.4) is 0 Å². The number of benzene rings is 1. The summed E-state index contributed by atoms with van der Waals surface area (Å²) in [4.78, 5) is 36.1. The van der Waals surface area contributed by atoms with E-state index >= 15 is 0 Å². The lowest BCUT2D eigenvalue weighted by Crippen LogP contribution is -2.35. The zero-order valence-electron chi connectivity index (χ0n) is 13.0. The van der Waals surface area contributed by atoms with E-state index in [1.54, 1.807) is 12.1 Å². The minimum absolute atomic E-state index is 0.00785. The lowest BCUT2D eigenvalue weighted by Gasteiger charge is -2.13. The van der Waals surface area contributed by atoms with Crippen molar-refractivity contribution in [1.29, 1.82) is 0 Å². The lowest BCUT2D eigenvalue weighted by molar-refractivity contribution is -0.138. The second kappa shape index (κ2) is 8.98. The summed E-state index contributed by atoms with van der Waals surface area (Å²) in [5, 5.41) is 20.8. The normalized spacial score (nSPS) is 15.6. The van der Waals surface area contributed by atoms with Crippen molar-refractivity contribution in [2.45, 2.75) is 6.42 Å².